The number of methoxy groups -OCH3 is 1. The maximum absolute atomic E-state index is 10.2. The van der Waals surface area contributed by atoms with Crippen LogP contribution in [0, 0.1) is 5.92 Å². The molecule has 0 aliphatic heterocycles. The van der Waals surface area contributed by atoms with Crippen molar-refractivity contribution in [2.45, 2.75) is 32.4 Å². The number of anilines is 1. The van der Waals surface area contributed by atoms with Gasteiger partial charge in [-0.25, -0.2) is 0 Å². The van der Waals surface area contributed by atoms with Crippen molar-refractivity contribution in [2.75, 3.05) is 12.4 Å². The van der Waals surface area contributed by atoms with E-state index in [0.29, 0.717) is 6.42 Å². The first-order valence-corrected chi connectivity index (χ1v) is 7.22. The zero-order chi connectivity index (χ0) is 15.2. The molecule has 0 saturated carbocycles. The Kier molecular flexibility index (Phi) is 5.28. The smallest absolute Gasteiger partial charge is 0.126 e. The molecule has 1 heterocycles. The minimum Gasteiger partial charge on any atom is -0.497 e. The Balaban J connectivity index is 2.11. The lowest BCUT2D eigenvalue weighted by atomic mass is 9.98. The highest BCUT2D eigenvalue weighted by molar-refractivity contribution is 5.47. The normalized spacial score (nSPS) is 14.0. The van der Waals surface area contributed by atoms with Crippen LogP contribution in [0.4, 0.5) is 5.69 Å². The van der Waals surface area contributed by atoms with Crippen LogP contribution >= 0.6 is 0 Å². The van der Waals surface area contributed by atoms with E-state index in [9.17, 15) is 5.11 Å². The number of aliphatic hydroxyl groups excluding tert-OH is 1. The number of benzene rings is 1. The van der Waals surface area contributed by atoms with E-state index in [1.807, 2.05) is 50.2 Å². The van der Waals surface area contributed by atoms with Crippen LogP contribution < -0.4 is 10.1 Å². The molecular weight excluding hydrogens is 266 g/mol. The van der Waals surface area contributed by atoms with Crippen LogP contribution in [0.15, 0.2) is 47.1 Å². The molecule has 21 heavy (non-hydrogen) atoms. The first-order valence-electron chi connectivity index (χ1n) is 7.22. The van der Waals surface area contributed by atoms with E-state index in [4.69, 9.17) is 9.15 Å². The zero-order valence-corrected chi connectivity index (χ0v) is 12.7. The summed E-state index contributed by atoms with van der Waals surface area (Å²) in [7, 11) is 1.65. The SMILES string of the molecule is COc1ccc(N[C@@H](C[C@@H](O)C(C)C)c2ccco2)cc1. The minimum absolute atomic E-state index is 0.0641. The summed E-state index contributed by atoms with van der Waals surface area (Å²) in [6.07, 6.45) is 1.86. The van der Waals surface area contributed by atoms with E-state index in [1.54, 1.807) is 13.4 Å². The molecule has 2 aromatic rings. The van der Waals surface area contributed by atoms with Gasteiger partial charge in [0.15, 0.2) is 0 Å². The van der Waals surface area contributed by atoms with Gasteiger partial charge in [0, 0.05) is 12.1 Å². The Morgan fingerprint density at radius 3 is 2.43 bits per heavy atom. The molecule has 0 fully saturated rings. The Labute approximate surface area is 125 Å². The summed E-state index contributed by atoms with van der Waals surface area (Å²) >= 11 is 0. The lowest BCUT2D eigenvalue weighted by Gasteiger charge is -2.23. The van der Waals surface area contributed by atoms with Crippen molar-refractivity contribution in [3.05, 3.63) is 48.4 Å². The van der Waals surface area contributed by atoms with Crippen molar-refractivity contribution < 1.29 is 14.3 Å². The third-order valence-corrected chi connectivity index (χ3v) is 3.56. The van der Waals surface area contributed by atoms with Gasteiger partial charge in [0.2, 0.25) is 0 Å². The molecule has 114 valence electrons. The highest BCUT2D eigenvalue weighted by Gasteiger charge is 2.20. The number of rotatable bonds is 7. The van der Waals surface area contributed by atoms with E-state index < -0.39 is 0 Å². The van der Waals surface area contributed by atoms with Gasteiger partial charge in [0.05, 0.1) is 25.5 Å². The van der Waals surface area contributed by atoms with E-state index in [0.717, 1.165) is 17.2 Å². The minimum atomic E-state index is -0.383. The van der Waals surface area contributed by atoms with Gasteiger partial charge in [-0.2, -0.15) is 0 Å². The van der Waals surface area contributed by atoms with Crippen molar-refractivity contribution in [1.29, 1.82) is 0 Å². The van der Waals surface area contributed by atoms with Gasteiger partial charge in [-0.3, -0.25) is 0 Å². The number of hydrogen-bond acceptors (Lipinski definition) is 4. The predicted octanol–water partition coefficient (Wildman–Crippen LogP) is 3.85. The lowest BCUT2D eigenvalue weighted by Crippen LogP contribution is -2.22. The summed E-state index contributed by atoms with van der Waals surface area (Å²) in [4.78, 5) is 0. The first-order chi connectivity index (χ1) is 10.1. The molecule has 0 bridgehead atoms. The van der Waals surface area contributed by atoms with Gasteiger partial charge < -0.3 is 19.6 Å². The summed E-state index contributed by atoms with van der Waals surface area (Å²) in [5.74, 6) is 1.85. The molecular formula is C17H23NO3. The number of furan rings is 1. The maximum atomic E-state index is 10.2. The summed E-state index contributed by atoms with van der Waals surface area (Å²) in [6.45, 7) is 4.02. The fourth-order valence-corrected chi connectivity index (χ4v) is 2.14. The third kappa shape index (κ3) is 4.26. The van der Waals surface area contributed by atoms with Crippen molar-refractivity contribution in [2.24, 2.45) is 5.92 Å². The second-order valence-electron chi connectivity index (χ2n) is 5.49. The molecule has 1 aromatic heterocycles. The summed E-state index contributed by atoms with van der Waals surface area (Å²) in [6, 6.07) is 11.4. The van der Waals surface area contributed by atoms with Gasteiger partial charge in [-0.15, -0.1) is 0 Å². The van der Waals surface area contributed by atoms with E-state index in [-0.39, 0.29) is 18.1 Å². The van der Waals surface area contributed by atoms with Crippen LogP contribution in [0.3, 0.4) is 0 Å². The number of ether oxygens (including phenoxy) is 1. The first kappa shape index (κ1) is 15.4. The van der Waals surface area contributed by atoms with Crippen LogP contribution in [0.1, 0.15) is 32.1 Å². The summed E-state index contributed by atoms with van der Waals surface area (Å²) in [5.41, 5.74) is 0.966. The van der Waals surface area contributed by atoms with Gasteiger partial charge >= 0.3 is 0 Å². The molecule has 2 rings (SSSR count). The van der Waals surface area contributed by atoms with Gasteiger partial charge in [-0.1, -0.05) is 13.8 Å². The fourth-order valence-electron chi connectivity index (χ4n) is 2.14. The Morgan fingerprint density at radius 2 is 1.90 bits per heavy atom. The quantitative estimate of drug-likeness (QED) is 0.813. The van der Waals surface area contributed by atoms with Crippen molar-refractivity contribution in [1.82, 2.24) is 0 Å². The van der Waals surface area contributed by atoms with Crippen molar-refractivity contribution in [3.63, 3.8) is 0 Å². The lowest BCUT2D eigenvalue weighted by molar-refractivity contribution is 0.108. The molecule has 0 radical (unpaired) electrons. The zero-order valence-electron chi connectivity index (χ0n) is 12.7. The van der Waals surface area contributed by atoms with E-state index in [1.165, 1.54) is 0 Å². The molecule has 4 nitrogen and oxygen atoms in total. The second-order valence-corrected chi connectivity index (χ2v) is 5.49. The Bertz CT molecular complexity index is 519. The van der Waals surface area contributed by atoms with Crippen molar-refractivity contribution >= 4 is 5.69 Å². The molecule has 0 amide bonds. The molecule has 0 saturated heterocycles. The van der Waals surface area contributed by atoms with Crippen molar-refractivity contribution in [3.8, 4) is 5.75 Å². The average molecular weight is 289 g/mol. The Morgan fingerprint density at radius 1 is 1.19 bits per heavy atom. The van der Waals surface area contributed by atoms with E-state index >= 15 is 0 Å². The molecule has 4 heteroatoms. The monoisotopic (exact) mass is 289 g/mol. The predicted molar refractivity (Wildman–Crippen MR) is 83.5 cm³/mol. The van der Waals surface area contributed by atoms with Gasteiger partial charge in [0.25, 0.3) is 0 Å². The molecule has 0 aliphatic rings. The fraction of sp³-hybridized carbons (Fsp3) is 0.412. The van der Waals surface area contributed by atoms with Crippen LogP contribution in [0.5, 0.6) is 5.75 Å². The average Bonchev–Trinajstić information content (AvgIpc) is 3.01. The second kappa shape index (κ2) is 7.18. The molecule has 0 unspecified atom stereocenters. The summed E-state index contributed by atoms with van der Waals surface area (Å²) in [5, 5.41) is 13.6. The van der Waals surface area contributed by atoms with Gasteiger partial charge in [-0.05, 0) is 42.3 Å². The number of aliphatic hydroxyl groups is 1. The van der Waals surface area contributed by atoms with Crippen LogP contribution in [0.2, 0.25) is 0 Å². The number of nitrogens with one attached hydrogen (secondary N) is 1. The Hall–Kier alpha value is -1.94. The topological polar surface area (TPSA) is 54.6 Å². The molecule has 2 N–H and O–H groups in total. The maximum Gasteiger partial charge on any atom is 0.126 e. The molecule has 0 aliphatic carbocycles. The highest BCUT2D eigenvalue weighted by atomic mass is 16.5. The molecule has 1 aromatic carbocycles. The van der Waals surface area contributed by atoms with Crippen LogP contribution in [-0.4, -0.2) is 18.3 Å². The van der Waals surface area contributed by atoms with Crippen LogP contribution in [0.25, 0.3) is 0 Å². The summed E-state index contributed by atoms with van der Waals surface area (Å²) < 4.78 is 10.7. The number of hydrogen-bond donors (Lipinski definition) is 2. The largest absolute Gasteiger partial charge is 0.497 e. The van der Waals surface area contributed by atoms with Gasteiger partial charge in [0.1, 0.15) is 11.5 Å². The standard InChI is InChI=1S/C17H23NO3/c1-12(2)16(19)11-15(17-5-4-10-21-17)18-13-6-8-14(20-3)9-7-13/h4-10,12,15-16,18-19H,11H2,1-3H3/t15-,16+/m0/s1. The molecule has 2 atom stereocenters. The third-order valence-electron chi connectivity index (χ3n) is 3.56. The highest BCUT2D eigenvalue weighted by Crippen LogP contribution is 2.27. The molecule has 0 spiro atoms. The van der Waals surface area contributed by atoms with Crippen LogP contribution in [-0.2, 0) is 0 Å². The van der Waals surface area contributed by atoms with E-state index in [2.05, 4.69) is 5.32 Å².